The Kier molecular flexibility index (Phi) is 5.31. The quantitative estimate of drug-likeness (QED) is 0.879. The van der Waals surface area contributed by atoms with E-state index in [1.807, 2.05) is 12.3 Å². The van der Waals surface area contributed by atoms with Gasteiger partial charge in [-0.2, -0.15) is 0 Å². The van der Waals surface area contributed by atoms with E-state index in [1.165, 1.54) is 6.07 Å². The molecule has 0 aliphatic carbocycles. The van der Waals surface area contributed by atoms with E-state index in [4.69, 9.17) is 11.6 Å². The third-order valence-corrected chi connectivity index (χ3v) is 4.07. The number of nitrogens with zero attached hydrogens (tertiary/aromatic N) is 1. The van der Waals surface area contributed by atoms with Crippen LogP contribution in [0.3, 0.4) is 0 Å². The molecule has 1 aromatic carbocycles. The van der Waals surface area contributed by atoms with E-state index in [0.29, 0.717) is 17.0 Å². The Bertz CT molecular complexity index is 496. The summed E-state index contributed by atoms with van der Waals surface area (Å²) in [5.74, 6) is -0.241. The number of nitrogens with one attached hydrogen (secondary N) is 1. The van der Waals surface area contributed by atoms with Crippen molar-refractivity contribution in [2.75, 3.05) is 6.54 Å². The van der Waals surface area contributed by atoms with Crippen LogP contribution in [0.15, 0.2) is 29.8 Å². The highest BCUT2D eigenvalue weighted by Gasteiger charge is 2.15. The molecule has 1 atom stereocenters. The van der Waals surface area contributed by atoms with Gasteiger partial charge < -0.3 is 5.32 Å². The molecule has 102 valence electrons. The molecule has 0 saturated heterocycles. The maximum Gasteiger partial charge on any atom is 0.127 e. The maximum atomic E-state index is 13.8. The van der Waals surface area contributed by atoms with Crippen LogP contribution in [-0.2, 0) is 12.8 Å². The van der Waals surface area contributed by atoms with Crippen LogP contribution in [0, 0.1) is 5.82 Å². The van der Waals surface area contributed by atoms with Crippen LogP contribution in [0.5, 0.6) is 0 Å². The standard InChI is InChI=1S/C14H16ClFN2S/c1-2-17-10(9-14-18-6-7-19-14)8-11-12(15)4-3-5-13(11)16/h3-7,10,17H,2,8-9H2,1H3. The number of halogens is 2. The summed E-state index contributed by atoms with van der Waals surface area (Å²) in [5, 5.41) is 6.86. The molecule has 19 heavy (non-hydrogen) atoms. The fourth-order valence-electron chi connectivity index (χ4n) is 2.04. The van der Waals surface area contributed by atoms with E-state index >= 15 is 0 Å². The summed E-state index contributed by atoms with van der Waals surface area (Å²) in [6.45, 7) is 2.87. The molecule has 5 heteroatoms. The van der Waals surface area contributed by atoms with E-state index in [2.05, 4.69) is 10.3 Å². The Balaban J connectivity index is 2.12. The van der Waals surface area contributed by atoms with Crippen molar-refractivity contribution in [2.24, 2.45) is 0 Å². The largest absolute Gasteiger partial charge is 0.314 e. The summed E-state index contributed by atoms with van der Waals surface area (Å²) >= 11 is 7.69. The first-order valence-electron chi connectivity index (χ1n) is 6.25. The molecule has 0 fully saturated rings. The SMILES string of the molecule is CCNC(Cc1nccs1)Cc1c(F)cccc1Cl. The van der Waals surface area contributed by atoms with Gasteiger partial charge in [0.15, 0.2) is 0 Å². The van der Waals surface area contributed by atoms with Crippen molar-refractivity contribution in [2.45, 2.75) is 25.8 Å². The summed E-state index contributed by atoms with van der Waals surface area (Å²) < 4.78 is 13.8. The van der Waals surface area contributed by atoms with E-state index < -0.39 is 0 Å². The summed E-state index contributed by atoms with van der Waals surface area (Å²) in [5.41, 5.74) is 0.576. The Labute approximate surface area is 121 Å². The normalized spacial score (nSPS) is 12.6. The molecule has 0 bridgehead atoms. The molecule has 2 rings (SSSR count). The third-order valence-electron chi connectivity index (χ3n) is 2.91. The number of hydrogen-bond donors (Lipinski definition) is 1. The van der Waals surface area contributed by atoms with Crippen molar-refractivity contribution < 1.29 is 4.39 Å². The van der Waals surface area contributed by atoms with Crippen molar-refractivity contribution >= 4 is 22.9 Å². The fraction of sp³-hybridized carbons (Fsp3) is 0.357. The second kappa shape index (κ2) is 6.98. The molecule has 0 spiro atoms. The molecule has 1 unspecified atom stereocenters. The lowest BCUT2D eigenvalue weighted by atomic mass is 10.0. The van der Waals surface area contributed by atoms with Gasteiger partial charge in [0.25, 0.3) is 0 Å². The fourth-order valence-corrected chi connectivity index (χ4v) is 2.98. The van der Waals surface area contributed by atoms with Gasteiger partial charge in [-0.1, -0.05) is 24.6 Å². The van der Waals surface area contributed by atoms with Gasteiger partial charge in [0.1, 0.15) is 5.82 Å². The van der Waals surface area contributed by atoms with Crippen LogP contribution in [0.4, 0.5) is 4.39 Å². The first-order chi connectivity index (χ1) is 9.20. The first-order valence-corrected chi connectivity index (χ1v) is 7.51. The van der Waals surface area contributed by atoms with E-state index in [-0.39, 0.29) is 11.9 Å². The van der Waals surface area contributed by atoms with Crippen molar-refractivity contribution in [1.82, 2.24) is 10.3 Å². The van der Waals surface area contributed by atoms with Gasteiger partial charge in [-0.3, -0.25) is 0 Å². The summed E-state index contributed by atoms with van der Waals surface area (Å²) in [4.78, 5) is 4.28. The number of thiazole rings is 1. The first kappa shape index (κ1) is 14.4. The van der Waals surface area contributed by atoms with Gasteiger partial charge in [-0.25, -0.2) is 9.37 Å². The van der Waals surface area contributed by atoms with Gasteiger partial charge in [-0.05, 0) is 25.1 Å². The number of benzene rings is 1. The lowest BCUT2D eigenvalue weighted by molar-refractivity contribution is 0.505. The molecule has 1 heterocycles. The average Bonchev–Trinajstić information content (AvgIpc) is 2.87. The third kappa shape index (κ3) is 4.00. The van der Waals surface area contributed by atoms with Gasteiger partial charge in [0, 0.05) is 34.6 Å². The summed E-state index contributed by atoms with van der Waals surface area (Å²) in [6, 6.07) is 4.95. The van der Waals surface area contributed by atoms with Crippen LogP contribution >= 0.6 is 22.9 Å². The molecule has 0 aliphatic rings. The van der Waals surface area contributed by atoms with E-state index in [1.54, 1.807) is 29.7 Å². The number of likely N-dealkylation sites (N-methyl/N-ethyl adjacent to an activating group) is 1. The molecular formula is C14H16ClFN2S. The molecule has 0 aliphatic heterocycles. The summed E-state index contributed by atoms with van der Waals surface area (Å²) in [7, 11) is 0. The number of aromatic nitrogens is 1. The zero-order valence-corrected chi connectivity index (χ0v) is 12.3. The predicted octanol–water partition coefficient (Wildman–Crippen LogP) is 3.70. The van der Waals surface area contributed by atoms with Gasteiger partial charge >= 0.3 is 0 Å². The van der Waals surface area contributed by atoms with Gasteiger partial charge in [0.2, 0.25) is 0 Å². The second-order valence-corrected chi connectivity index (χ2v) is 5.68. The Hall–Kier alpha value is -0.970. The molecule has 2 nitrogen and oxygen atoms in total. The van der Waals surface area contributed by atoms with Crippen molar-refractivity contribution in [3.8, 4) is 0 Å². The monoisotopic (exact) mass is 298 g/mol. The molecule has 1 aromatic heterocycles. The van der Waals surface area contributed by atoms with Crippen LogP contribution in [0.25, 0.3) is 0 Å². The van der Waals surface area contributed by atoms with Crippen LogP contribution in [0.2, 0.25) is 5.02 Å². The molecule has 0 saturated carbocycles. The van der Waals surface area contributed by atoms with E-state index in [9.17, 15) is 4.39 Å². The number of hydrogen-bond acceptors (Lipinski definition) is 3. The minimum atomic E-state index is -0.241. The zero-order valence-electron chi connectivity index (χ0n) is 10.7. The Morgan fingerprint density at radius 2 is 2.26 bits per heavy atom. The molecule has 1 N–H and O–H groups in total. The highest BCUT2D eigenvalue weighted by atomic mass is 35.5. The van der Waals surface area contributed by atoms with Crippen LogP contribution in [0.1, 0.15) is 17.5 Å². The molecule has 2 aromatic rings. The van der Waals surface area contributed by atoms with E-state index in [0.717, 1.165) is 18.0 Å². The maximum absolute atomic E-state index is 13.8. The highest BCUT2D eigenvalue weighted by molar-refractivity contribution is 7.09. The minimum absolute atomic E-state index is 0.144. The number of rotatable bonds is 6. The lowest BCUT2D eigenvalue weighted by Gasteiger charge is -2.18. The molecule has 0 amide bonds. The lowest BCUT2D eigenvalue weighted by Crippen LogP contribution is -2.33. The Morgan fingerprint density at radius 3 is 2.89 bits per heavy atom. The minimum Gasteiger partial charge on any atom is -0.314 e. The van der Waals surface area contributed by atoms with Crippen molar-refractivity contribution in [3.63, 3.8) is 0 Å². The highest BCUT2D eigenvalue weighted by Crippen LogP contribution is 2.21. The smallest absolute Gasteiger partial charge is 0.127 e. The average molecular weight is 299 g/mol. The summed E-state index contributed by atoms with van der Waals surface area (Å²) in [6.07, 6.45) is 3.15. The van der Waals surface area contributed by atoms with Gasteiger partial charge in [-0.15, -0.1) is 11.3 Å². The van der Waals surface area contributed by atoms with Crippen molar-refractivity contribution in [3.05, 3.63) is 51.2 Å². The Morgan fingerprint density at radius 1 is 1.42 bits per heavy atom. The van der Waals surface area contributed by atoms with Crippen LogP contribution in [-0.4, -0.2) is 17.6 Å². The topological polar surface area (TPSA) is 24.9 Å². The zero-order chi connectivity index (χ0) is 13.7. The molecule has 0 radical (unpaired) electrons. The second-order valence-electron chi connectivity index (χ2n) is 4.29. The van der Waals surface area contributed by atoms with Crippen molar-refractivity contribution in [1.29, 1.82) is 0 Å². The van der Waals surface area contributed by atoms with Gasteiger partial charge in [0.05, 0.1) is 5.01 Å². The predicted molar refractivity (Wildman–Crippen MR) is 78.4 cm³/mol. The van der Waals surface area contributed by atoms with Crippen LogP contribution < -0.4 is 5.32 Å². The molecular weight excluding hydrogens is 283 g/mol.